The van der Waals surface area contributed by atoms with E-state index in [9.17, 15) is 4.79 Å². The first kappa shape index (κ1) is 18.1. The molecule has 0 radical (unpaired) electrons. The SMILES string of the molecule is CN(C)c1nc(N2CCCC2)ncc1NC(=O)Nc1ccc2c(c1)OCCO2. The molecule has 1 fully saturated rings. The predicted octanol–water partition coefficient (Wildman–Crippen LogP) is 2.56. The second-order valence-electron chi connectivity index (χ2n) is 6.93. The van der Waals surface area contributed by atoms with E-state index in [-0.39, 0.29) is 6.03 Å². The van der Waals surface area contributed by atoms with E-state index in [0.29, 0.717) is 47.9 Å². The molecule has 1 aromatic carbocycles. The van der Waals surface area contributed by atoms with Gasteiger partial charge in [0.05, 0.1) is 6.20 Å². The Kier molecular flexibility index (Phi) is 5.05. The fraction of sp³-hybridized carbons (Fsp3) is 0.421. The summed E-state index contributed by atoms with van der Waals surface area (Å²) in [5.41, 5.74) is 1.16. The largest absolute Gasteiger partial charge is 0.486 e. The van der Waals surface area contributed by atoms with E-state index in [2.05, 4.69) is 25.5 Å². The number of ether oxygens (including phenoxy) is 2. The molecule has 0 atom stereocenters. The molecule has 2 aliphatic rings. The van der Waals surface area contributed by atoms with Crippen molar-refractivity contribution in [2.75, 3.05) is 60.8 Å². The van der Waals surface area contributed by atoms with E-state index in [1.54, 1.807) is 24.4 Å². The summed E-state index contributed by atoms with van der Waals surface area (Å²) in [6.45, 7) is 2.95. The number of benzene rings is 1. The van der Waals surface area contributed by atoms with Crippen molar-refractivity contribution in [3.8, 4) is 11.5 Å². The molecule has 9 heteroatoms. The monoisotopic (exact) mass is 384 g/mol. The molecule has 1 aromatic heterocycles. The Morgan fingerprint density at radius 1 is 1.11 bits per heavy atom. The normalized spacial score (nSPS) is 15.3. The summed E-state index contributed by atoms with van der Waals surface area (Å²) >= 11 is 0. The second-order valence-corrected chi connectivity index (χ2v) is 6.93. The zero-order valence-corrected chi connectivity index (χ0v) is 16.1. The highest BCUT2D eigenvalue weighted by molar-refractivity contribution is 6.01. The van der Waals surface area contributed by atoms with Gasteiger partial charge in [0.25, 0.3) is 0 Å². The number of carbonyl (C=O) groups excluding carboxylic acids is 1. The van der Waals surface area contributed by atoms with Gasteiger partial charge in [-0.2, -0.15) is 4.98 Å². The lowest BCUT2D eigenvalue weighted by Gasteiger charge is -2.21. The molecule has 4 rings (SSSR count). The maximum Gasteiger partial charge on any atom is 0.323 e. The minimum absolute atomic E-state index is 0.377. The molecular weight excluding hydrogens is 360 g/mol. The highest BCUT2D eigenvalue weighted by Gasteiger charge is 2.19. The molecular formula is C19H24N6O3. The first-order valence-corrected chi connectivity index (χ1v) is 9.37. The van der Waals surface area contributed by atoms with Gasteiger partial charge in [0, 0.05) is 38.9 Å². The van der Waals surface area contributed by atoms with Crippen molar-refractivity contribution in [3.05, 3.63) is 24.4 Å². The van der Waals surface area contributed by atoms with Crippen LogP contribution in [-0.4, -0.2) is 56.4 Å². The van der Waals surface area contributed by atoms with Gasteiger partial charge in [-0.3, -0.25) is 0 Å². The topological polar surface area (TPSA) is 91.9 Å². The van der Waals surface area contributed by atoms with E-state index in [4.69, 9.17) is 9.47 Å². The molecule has 2 aromatic rings. The summed E-state index contributed by atoms with van der Waals surface area (Å²) < 4.78 is 11.0. The number of hydrogen-bond donors (Lipinski definition) is 2. The van der Waals surface area contributed by atoms with Gasteiger partial charge in [0.1, 0.15) is 18.9 Å². The number of aromatic nitrogens is 2. The Morgan fingerprint density at radius 3 is 2.61 bits per heavy atom. The van der Waals surface area contributed by atoms with Crippen molar-refractivity contribution >= 4 is 29.2 Å². The molecule has 0 saturated carbocycles. The van der Waals surface area contributed by atoms with Crippen LogP contribution in [0.4, 0.5) is 27.9 Å². The molecule has 0 aliphatic carbocycles. The van der Waals surface area contributed by atoms with Gasteiger partial charge in [-0.05, 0) is 25.0 Å². The summed E-state index contributed by atoms with van der Waals surface area (Å²) in [4.78, 5) is 25.6. The van der Waals surface area contributed by atoms with Crippen molar-refractivity contribution in [1.29, 1.82) is 0 Å². The van der Waals surface area contributed by atoms with Crippen molar-refractivity contribution in [2.24, 2.45) is 0 Å². The third-order valence-electron chi connectivity index (χ3n) is 4.62. The fourth-order valence-corrected chi connectivity index (χ4v) is 3.27. The smallest absolute Gasteiger partial charge is 0.323 e. The van der Waals surface area contributed by atoms with Crippen molar-refractivity contribution < 1.29 is 14.3 Å². The highest BCUT2D eigenvalue weighted by atomic mass is 16.6. The van der Waals surface area contributed by atoms with Gasteiger partial charge in [0.2, 0.25) is 5.95 Å². The summed E-state index contributed by atoms with van der Waals surface area (Å²) in [5.74, 6) is 2.66. The van der Waals surface area contributed by atoms with Gasteiger partial charge in [-0.1, -0.05) is 0 Å². The first-order chi connectivity index (χ1) is 13.6. The molecule has 9 nitrogen and oxygen atoms in total. The van der Waals surface area contributed by atoms with Crippen LogP contribution in [-0.2, 0) is 0 Å². The van der Waals surface area contributed by atoms with E-state index in [1.165, 1.54) is 0 Å². The van der Waals surface area contributed by atoms with Crippen LogP contribution < -0.4 is 29.9 Å². The zero-order chi connectivity index (χ0) is 19.5. The third kappa shape index (κ3) is 3.88. The molecule has 2 amide bonds. The van der Waals surface area contributed by atoms with Gasteiger partial charge < -0.3 is 29.9 Å². The maximum absolute atomic E-state index is 12.5. The van der Waals surface area contributed by atoms with Crippen LogP contribution in [0.5, 0.6) is 11.5 Å². The molecule has 2 aliphatic heterocycles. The van der Waals surface area contributed by atoms with Crippen LogP contribution in [0.15, 0.2) is 24.4 Å². The molecule has 0 bridgehead atoms. The molecule has 0 unspecified atom stereocenters. The minimum atomic E-state index is -0.377. The lowest BCUT2D eigenvalue weighted by atomic mass is 10.2. The Bertz CT molecular complexity index is 867. The summed E-state index contributed by atoms with van der Waals surface area (Å²) in [7, 11) is 3.78. The predicted molar refractivity (Wildman–Crippen MR) is 108 cm³/mol. The van der Waals surface area contributed by atoms with E-state index < -0.39 is 0 Å². The Labute approximate surface area is 163 Å². The minimum Gasteiger partial charge on any atom is -0.486 e. The van der Waals surface area contributed by atoms with E-state index in [1.807, 2.05) is 19.0 Å². The Morgan fingerprint density at radius 2 is 1.86 bits per heavy atom. The highest BCUT2D eigenvalue weighted by Crippen LogP contribution is 2.32. The third-order valence-corrected chi connectivity index (χ3v) is 4.62. The van der Waals surface area contributed by atoms with Crippen LogP contribution in [0.25, 0.3) is 0 Å². The van der Waals surface area contributed by atoms with Gasteiger partial charge >= 0.3 is 6.03 Å². The molecule has 0 spiro atoms. The molecule has 3 heterocycles. The lowest BCUT2D eigenvalue weighted by Crippen LogP contribution is -2.25. The number of anilines is 4. The van der Waals surface area contributed by atoms with Gasteiger partial charge in [-0.15, -0.1) is 0 Å². The number of hydrogen-bond acceptors (Lipinski definition) is 7. The number of rotatable bonds is 4. The Hall–Kier alpha value is -3.23. The van der Waals surface area contributed by atoms with E-state index in [0.717, 1.165) is 25.9 Å². The lowest BCUT2D eigenvalue weighted by molar-refractivity contribution is 0.171. The molecule has 148 valence electrons. The maximum atomic E-state index is 12.5. The quantitative estimate of drug-likeness (QED) is 0.837. The van der Waals surface area contributed by atoms with Gasteiger partial charge in [0.15, 0.2) is 17.3 Å². The van der Waals surface area contributed by atoms with Crippen molar-refractivity contribution in [1.82, 2.24) is 9.97 Å². The summed E-state index contributed by atoms with van der Waals surface area (Å²) in [6.07, 6.45) is 3.95. The molecule has 1 saturated heterocycles. The van der Waals surface area contributed by atoms with Crippen LogP contribution in [0, 0.1) is 0 Å². The number of urea groups is 1. The van der Waals surface area contributed by atoms with Crippen molar-refractivity contribution in [2.45, 2.75) is 12.8 Å². The fourth-order valence-electron chi connectivity index (χ4n) is 3.27. The molecule has 28 heavy (non-hydrogen) atoms. The number of nitrogens with one attached hydrogen (secondary N) is 2. The van der Waals surface area contributed by atoms with Crippen molar-refractivity contribution in [3.63, 3.8) is 0 Å². The van der Waals surface area contributed by atoms with Crippen LogP contribution in [0.2, 0.25) is 0 Å². The summed E-state index contributed by atoms with van der Waals surface area (Å²) in [6, 6.07) is 4.92. The van der Waals surface area contributed by atoms with Gasteiger partial charge in [-0.25, -0.2) is 9.78 Å². The van der Waals surface area contributed by atoms with Crippen LogP contribution in [0.1, 0.15) is 12.8 Å². The first-order valence-electron chi connectivity index (χ1n) is 9.37. The summed E-state index contributed by atoms with van der Waals surface area (Å²) in [5, 5.41) is 5.64. The van der Waals surface area contributed by atoms with Crippen LogP contribution >= 0.6 is 0 Å². The standard InChI is InChI=1S/C19H24N6O3/c1-24(2)17-14(12-20-18(23-17)25-7-3-4-8-25)22-19(26)21-13-5-6-15-16(11-13)28-10-9-27-15/h5-6,11-12H,3-4,7-10H2,1-2H3,(H2,21,22,26). The number of nitrogens with zero attached hydrogens (tertiary/aromatic N) is 4. The Balaban J connectivity index is 1.47. The number of fused-ring (bicyclic) bond motifs is 1. The van der Waals surface area contributed by atoms with Crippen LogP contribution in [0.3, 0.4) is 0 Å². The molecule has 2 N–H and O–H groups in total. The number of amides is 2. The zero-order valence-electron chi connectivity index (χ0n) is 16.1. The average molecular weight is 384 g/mol. The van der Waals surface area contributed by atoms with E-state index >= 15 is 0 Å². The number of carbonyl (C=O) groups is 1. The average Bonchev–Trinajstić information content (AvgIpc) is 3.23. The second kappa shape index (κ2) is 7.79.